The molecule has 0 radical (unpaired) electrons. The van der Waals surface area contributed by atoms with Gasteiger partial charge in [0.2, 0.25) is 15.9 Å². The van der Waals surface area contributed by atoms with Crippen molar-refractivity contribution in [1.82, 2.24) is 4.31 Å². The molecule has 146 valence electrons. The Labute approximate surface area is 164 Å². The molecule has 0 unspecified atom stereocenters. The number of furan rings is 1. The van der Waals surface area contributed by atoms with Crippen LogP contribution >= 0.6 is 0 Å². The van der Waals surface area contributed by atoms with Gasteiger partial charge < -0.3 is 9.73 Å². The van der Waals surface area contributed by atoms with E-state index in [1.807, 2.05) is 25.1 Å². The number of amides is 1. The van der Waals surface area contributed by atoms with Crippen molar-refractivity contribution in [3.05, 3.63) is 59.9 Å². The summed E-state index contributed by atoms with van der Waals surface area (Å²) in [6.45, 7) is 3.08. The van der Waals surface area contributed by atoms with Crippen molar-refractivity contribution in [2.45, 2.75) is 31.1 Å². The van der Waals surface area contributed by atoms with Gasteiger partial charge in [0.25, 0.3) is 0 Å². The molecule has 1 saturated heterocycles. The number of hydrogen-bond donors (Lipinski definition) is 1. The molecule has 1 fully saturated rings. The smallest absolute Gasteiger partial charge is 0.243 e. The van der Waals surface area contributed by atoms with E-state index in [2.05, 4.69) is 5.32 Å². The van der Waals surface area contributed by atoms with Gasteiger partial charge in [-0.2, -0.15) is 4.31 Å². The maximum atomic E-state index is 12.7. The number of fused-ring (bicyclic) bond motifs is 1. The zero-order chi connectivity index (χ0) is 19.7. The molecule has 28 heavy (non-hydrogen) atoms. The van der Waals surface area contributed by atoms with E-state index < -0.39 is 10.0 Å². The fourth-order valence-corrected chi connectivity index (χ4v) is 5.08. The first-order chi connectivity index (χ1) is 13.4. The first-order valence-corrected chi connectivity index (χ1v) is 10.7. The minimum absolute atomic E-state index is 0.152. The number of nitrogens with zero attached hydrogens (tertiary/aromatic N) is 1. The van der Waals surface area contributed by atoms with Crippen LogP contribution in [0.15, 0.2) is 58.0 Å². The SMILES string of the molecule is Cc1ccc2c(CC(=O)Nc3cccc(S(=O)(=O)N4CCCC4)c3)coc2c1. The minimum atomic E-state index is -3.51. The summed E-state index contributed by atoms with van der Waals surface area (Å²) < 4.78 is 32.4. The minimum Gasteiger partial charge on any atom is -0.464 e. The Morgan fingerprint density at radius 3 is 2.71 bits per heavy atom. The van der Waals surface area contributed by atoms with Crippen molar-refractivity contribution in [3.8, 4) is 0 Å². The van der Waals surface area contributed by atoms with Gasteiger partial charge in [0.15, 0.2) is 0 Å². The normalized spacial score (nSPS) is 15.2. The fraction of sp³-hybridized carbons (Fsp3) is 0.286. The second-order valence-electron chi connectivity index (χ2n) is 7.12. The lowest BCUT2D eigenvalue weighted by atomic mass is 10.1. The first-order valence-electron chi connectivity index (χ1n) is 9.30. The van der Waals surface area contributed by atoms with Crippen LogP contribution in [-0.2, 0) is 21.2 Å². The molecule has 0 atom stereocenters. The van der Waals surface area contributed by atoms with Gasteiger partial charge in [-0.15, -0.1) is 0 Å². The average molecular weight is 398 g/mol. The van der Waals surface area contributed by atoms with E-state index in [1.54, 1.807) is 24.5 Å². The van der Waals surface area contributed by atoms with E-state index in [-0.39, 0.29) is 17.2 Å². The van der Waals surface area contributed by atoms with Gasteiger partial charge in [-0.1, -0.05) is 18.2 Å². The van der Waals surface area contributed by atoms with Crippen LogP contribution in [0.2, 0.25) is 0 Å². The first kappa shape index (κ1) is 18.7. The molecule has 0 bridgehead atoms. The molecule has 0 spiro atoms. The van der Waals surface area contributed by atoms with Crippen molar-refractivity contribution in [1.29, 1.82) is 0 Å². The Bertz CT molecular complexity index is 1130. The van der Waals surface area contributed by atoms with Gasteiger partial charge in [-0.3, -0.25) is 4.79 Å². The van der Waals surface area contributed by atoms with Crippen molar-refractivity contribution >= 4 is 32.6 Å². The summed E-state index contributed by atoms with van der Waals surface area (Å²) in [7, 11) is -3.51. The lowest BCUT2D eigenvalue weighted by Gasteiger charge is -2.16. The number of benzene rings is 2. The number of hydrogen-bond acceptors (Lipinski definition) is 4. The van der Waals surface area contributed by atoms with Crippen LogP contribution in [0.3, 0.4) is 0 Å². The number of nitrogens with one attached hydrogen (secondary N) is 1. The van der Waals surface area contributed by atoms with Crippen molar-refractivity contribution in [2.24, 2.45) is 0 Å². The number of aryl methyl sites for hydroxylation is 1. The van der Waals surface area contributed by atoms with Crippen LogP contribution in [0.4, 0.5) is 5.69 Å². The molecule has 1 amide bonds. The van der Waals surface area contributed by atoms with Crippen molar-refractivity contribution in [2.75, 3.05) is 18.4 Å². The molecular weight excluding hydrogens is 376 g/mol. The maximum absolute atomic E-state index is 12.7. The van der Waals surface area contributed by atoms with Gasteiger partial charge >= 0.3 is 0 Å². The summed E-state index contributed by atoms with van der Waals surface area (Å²) in [6.07, 6.45) is 3.51. The molecule has 0 saturated carbocycles. The third-order valence-electron chi connectivity index (χ3n) is 4.98. The average Bonchev–Trinajstić information content (AvgIpc) is 3.32. The monoisotopic (exact) mass is 398 g/mol. The van der Waals surface area contributed by atoms with Gasteiger partial charge in [0.1, 0.15) is 5.58 Å². The van der Waals surface area contributed by atoms with Crippen LogP contribution in [0.25, 0.3) is 11.0 Å². The Hall–Kier alpha value is -2.64. The lowest BCUT2D eigenvalue weighted by Crippen LogP contribution is -2.28. The van der Waals surface area contributed by atoms with Gasteiger partial charge in [-0.25, -0.2) is 8.42 Å². The van der Waals surface area contributed by atoms with E-state index in [0.717, 1.165) is 34.9 Å². The predicted octanol–water partition coefficient (Wildman–Crippen LogP) is 3.71. The zero-order valence-electron chi connectivity index (χ0n) is 15.6. The number of anilines is 1. The summed E-state index contributed by atoms with van der Waals surface area (Å²) in [5.41, 5.74) is 3.11. The van der Waals surface area contributed by atoms with E-state index in [4.69, 9.17) is 4.42 Å². The Morgan fingerprint density at radius 1 is 1.14 bits per heavy atom. The van der Waals surface area contributed by atoms with E-state index >= 15 is 0 Å². The maximum Gasteiger partial charge on any atom is 0.243 e. The number of sulfonamides is 1. The molecule has 0 aliphatic carbocycles. The molecule has 4 rings (SSSR count). The largest absolute Gasteiger partial charge is 0.464 e. The third kappa shape index (κ3) is 3.68. The topological polar surface area (TPSA) is 79.6 Å². The second-order valence-corrected chi connectivity index (χ2v) is 9.06. The van der Waals surface area contributed by atoms with E-state index in [1.165, 1.54) is 10.4 Å². The molecule has 1 aliphatic heterocycles. The Kier molecular flexibility index (Phi) is 4.95. The van der Waals surface area contributed by atoms with E-state index in [9.17, 15) is 13.2 Å². The molecule has 2 aromatic carbocycles. The van der Waals surface area contributed by atoms with E-state index in [0.29, 0.717) is 18.8 Å². The molecular formula is C21H22N2O4S. The van der Waals surface area contributed by atoms with Gasteiger partial charge in [0.05, 0.1) is 17.6 Å². The molecule has 1 aliphatic rings. The quantitative estimate of drug-likeness (QED) is 0.711. The number of carbonyl (C=O) groups excluding carboxylic acids is 1. The third-order valence-corrected chi connectivity index (χ3v) is 6.88. The summed E-state index contributed by atoms with van der Waals surface area (Å²) >= 11 is 0. The molecule has 2 heterocycles. The van der Waals surface area contributed by atoms with Crippen molar-refractivity contribution < 1.29 is 17.6 Å². The van der Waals surface area contributed by atoms with Crippen LogP contribution in [0.5, 0.6) is 0 Å². The van der Waals surface area contributed by atoms with Crippen LogP contribution in [0, 0.1) is 6.92 Å². The molecule has 7 heteroatoms. The molecule has 6 nitrogen and oxygen atoms in total. The summed E-state index contributed by atoms with van der Waals surface area (Å²) in [6, 6.07) is 12.3. The number of carbonyl (C=O) groups is 1. The molecule has 1 N–H and O–H groups in total. The lowest BCUT2D eigenvalue weighted by molar-refractivity contribution is -0.115. The highest BCUT2D eigenvalue weighted by molar-refractivity contribution is 7.89. The second kappa shape index (κ2) is 7.41. The fourth-order valence-electron chi connectivity index (χ4n) is 3.52. The standard InChI is InChI=1S/C21H22N2O4S/c1-15-7-8-19-16(14-27-20(19)11-15)12-21(24)22-17-5-4-6-18(13-17)28(25,26)23-9-2-3-10-23/h4-8,11,13-14H,2-3,9-10,12H2,1H3,(H,22,24). The van der Waals surface area contributed by atoms with Crippen LogP contribution < -0.4 is 5.32 Å². The summed E-state index contributed by atoms with van der Waals surface area (Å²) in [5.74, 6) is -0.223. The summed E-state index contributed by atoms with van der Waals surface area (Å²) in [4.78, 5) is 12.7. The van der Waals surface area contributed by atoms with Crippen LogP contribution in [-0.4, -0.2) is 31.7 Å². The molecule has 1 aromatic heterocycles. The molecule has 3 aromatic rings. The van der Waals surface area contributed by atoms with Crippen LogP contribution in [0.1, 0.15) is 24.0 Å². The summed E-state index contributed by atoms with van der Waals surface area (Å²) in [5, 5.41) is 3.70. The highest BCUT2D eigenvalue weighted by Crippen LogP contribution is 2.25. The van der Waals surface area contributed by atoms with Gasteiger partial charge in [0, 0.05) is 29.7 Å². The Balaban J connectivity index is 1.50. The highest BCUT2D eigenvalue weighted by atomic mass is 32.2. The van der Waals surface area contributed by atoms with Crippen molar-refractivity contribution in [3.63, 3.8) is 0 Å². The Morgan fingerprint density at radius 2 is 1.93 bits per heavy atom. The van der Waals surface area contributed by atoms with Gasteiger partial charge in [-0.05, 0) is 49.6 Å². The predicted molar refractivity (Wildman–Crippen MR) is 108 cm³/mol. The number of rotatable bonds is 5. The zero-order valence-corrected chi connectivity index (χ0v) is 16.5. The highest BCUT2D eigenvalue weighted by Gasteiger charge is 2.27.